The average Bonchev–Trinajstić information content (AvgIpc) is 3.68. The molecule has 0 bridgehead atoms. The Kier molecular flexibility index (Phi) is 7.85. The van der Waals surface area contributed by atoms with Crippen molar-refractivity contribution in [3.05, 3.63) is 87.4 Å². The zero-order valence-electron chi connectivity index (χ0n) is 28.6. The van der Waals surface area contributed by atoms with Crippen LogP contribution in [0.2, 0.25) is 0 Å². The average molecular weight is 656 g/mol. The fraction of sp³-hybridized carbons (Fsp3) is 0.389. The standard InChI is InChI=1S/C36H39F2N7O3/c1-21-18-24(19-23(30(21)37)12-14-35(3,4)5)45-32(29-22(2)42(15-13-26(29)40-45)34(47)48-36(6,7)8)44-17-16-43(33(44)46)28-11-10-27-25(31(28)38)20-39-41(27)9/h10-11,16-20,22H,13,15H2,1-9H3/t22-/m0/s1. The van der Waals surface area contributed by atoms with E-state index in [2.05, 4.69) is 16.9 Å². The van der Waals surface area contributed by atoms with Crippen LogP contribution in [0, 0.1) is 35.8 Å². The third kappa shape index (κ3) is 5.78. The summed E-state index contributed by atoms with van der Waals surface area (Å²) in [5.41, 5.74) is 1.33. The number of hydrogen-bond donors (Lipinski definition) is 0. The van der Waals surface area contributed by atoms with Gasteiger partial charge < -0.3 is 9.64 Å². The number of nitrogens with zero attached hydrogens (tertiary/aromatic N) is 7. The van der Waals surface area contributed by atoms with Crippen LogP contribution in [0.1, 0.15) is 76.9 Å². The lowest BCUT2D eigenvalue weighted by atomic mass is 9.97. The first-order chi connectivity index (χ1) is 22.4. The number of halogens is 2. The minimum Gasteiger partial charge on any atom is -0.444 e. The van der Waals surface area contributed by atoms with Crippen LogP contribution in [0.15, 0.2) is 47.7 Å². The summed E-state index contributed by atoms with van der Waals surface area (Å²) in [4.78, 5) is 29.2. The van der Waals surface area contributed by atoms with E-state index in [0.29, 0.717) is 46.8 Å². The zero-order chi connectivity index (χ0) is 34.9. The van der Waals surface area contributed by atoms with Gasteiger partial charge in [-0.05, 0) is 85.2 Å². The molecular formula is C36H39F2N7O3. The van der Waals surface area contributed by atoms with Crippen molar-refractivity contribution >= 4 is 17.0 Å². The Morgan fingerprint density at radius 2 is 1.75 bits per heavy atom. The fourth-order valence-electron chi connectivity index (χ4n) is 5.94. The van der Waals surface area contributed by atoms with E-state index >= 15 is 8.78 Å². The number of ether oxygens (including phenoxy) is 1. The molecule has 0 radical (unpaired) electrons. The molecule has 0 saturated carbocycles. The molecule has 250 valence electrons. The zero-order valence-corrected chi connectivity index (χ0v) is 28.6. The molecule has 6 rings (SSSR count). The molecule has 5 aromatic rings. The summed E-state index contributed by atoms with van der Waals surface area (Å²) in [6, 6.07) is 5.95. The molecule has 0 saturated heterocycles. The molecule has 1 atom stereocenters. The number of benzene rings is 2. The molecule has 2 aromatic carbocycles. The lowest BCUT2D eigenvalue weighted by molar-refractivity contribution is 0.0159. The van der Waals surface area contributed by atoms with Crippen molar-refractivity contribution < 1.29 is 18.3 Å². The molecule has 48 heavy (non-hydrogen) atoms. The minimum absolute atomic E-state index is 0.0555. The molecule has 3 aromatic heterocycles. The first kappa shape index (κ1) is 32.7. The summed E-state index contributed by atoms with van der Waals surface area (Å²) in [6.45, 7) is 15.1. The Morgan fingerprint density at radius 1 is 1.04 bits per heavy atom. The number of aryl methyl sites for hydroxylation is 2. The maximum Gasteiger partial charge on any atom is 0.410 e. The van der Waals surface area contributed by atoms with Crippen LogP contribution in [-0.4, -0.2) is 51.8 Å². The van der Waals surface area contributed by atoms with Crippen LogP contribution in [0.5, 0.6) is 0 Å². The maximum absolute atomic E-state index is 15.8. The predicted molar refractivity (Wildman–Crippen MR) is 179 cm³/mol. The Hall–Kier alpha value is -5.18. The maximum atomic E-state index is 15.8. The number of aromatic nitrogens is 6. The van der Waals surface area contributed by atoms with Crippen molar-refractivity contribution in [3.63, 3.8) is 0 Å². The summed E-state index contributed by atoms with van der Waals surface area (Å²) in [6.07, 6.45) is 4.35. The molecule has 4 heterocycles. The number of hydrogen-bond acceptors (Lipinski definition) is 5. The van der Waals surface area contributed by atoms with Crippen molar-refractivity contribution in [1.82, 2.24) is 33.6 Å². The van der Waals surface area contributed by atoms with Crippen LogP contribution < -0.4 is 5.69 Å². The van der Waals surface area contributed by atoms with Gasteiger partial charge in [-0.3, -0.25) is 13.8 Å². The van der Waals surface area contributed by atoms with Gasteiger partial charge in [-0.15, -0.1) is 0 Å². The molecule has 0 spiro atoms. The Morgan fingerprint density at radius 3 is 2.44 bits per heavy atom. The summed E-state index contributed by atoms with van der Waals surface area (Å²) < 4.78 is 42.6. The summed E-state index contributed by atoms with van der Waals surface area (Å²) in [7, 11) is 1.72. The van der Waals surface area contributed by atoms with E-state index in [1.165, 1.54) is 27.6 Å². The summed E-state index contributed by atoms with van der Waals surface area (Å²) in [5, 5.41) is 9.36. The third-order valence-corrected chi connectivity index (χ3v) is 8.24. The molecule has 1 amide bonds. The Balaban J connectivity index is 1.57. The van der Waals surface area contributed by atoms with E-state index in [0.717, 1.165) is 0 Å². The molecule has 0 aliphatic carbocycles. The van der Waals surface area contributed by atoms with E-state index in [1.54, 1.807) is 73.4 Å². The van der Waals surface area contributed by atoms with Gasteiger partial charge in [0.05, 0.1) is 45.8 Å². The SMILES string of the molecule is Cc1cc(-n2nc3c(c2-n2ccn(-c4ccc5c(cnn5C)c4F)c2=O)[C@H](C)N(C(=O)OC(C)(C)C)CC3)cc(C#CC(C)(C)C)c1F. The van der Waals surface area contributed by atoms with Gasteiger partial charge in [-0.2, -0.15) is 10.2 Å². The van der Waals surface area contributed by atoms with Crippen molar-refractivity contribution in [2.24, 2.45) is 12.5 Å². The lowest BCUT2D eigenvalue weighted by Crippen LogP contribution is -2.42. The molecule has 1 aliphatic heterocycles. The Bertz CT molecular complexity index is 2210. The number of imidazole rings is 1. The van der Waals surface area contributed by atoms with E-state index in [-0.39, 0.29) is 22.1 Å². The van der Waals surface area contributed by atoms with Gasteiger partial charge in [-0.25, -0.2) is 23.1 Å². The van der Waals surface area contributed by atoms with Crippen LogP contribution in [-0.2, 0) is 18.2 Å². The molecule has 0 fully saturated rings. The van der Waals surface area contributed by atoms with Crippen molar-refractivity contribution in [3.8, 4) is 29.0 Å². The monoisotopic (exact) mass is 655 g/mol. The van der Waals surface area contributed by atoms with Gasteiger partial charge in [0.25, 0.3) is 0 Å². The molecule has 12 heteroatoms. The number of fused-ring (bicyclic) bond motifs is 2. The van der Waals surface area contributed by atoms with E-state index < -0.39 is 35.1 Å². The highest BCUT2D eigenvalue weighted by Crippen LogP contribution is 2.36. The van der Waals surface area contributed by atoms with Crippen molar-refractivity contribution in [2.45, 2.75) is 73.5 Å². The second kappa shape index (κ2) is 11.5. The number of carbonyl (C=O) groups excluding carboxylic acids is 1. The molecule has 0 unspecified atom stereocenters. The van der Waals surface area contributed by atoms with E-state index in [1.807, 2.05) is 27.7 Å². The highest BCUT2D eigenvalue weighted by Gasteiger charge is 2.37. The van der Waals surface area contributed by atoms with Gasteiger partial charge in [-0.1, -0.05) is 11.8 Å². The highest BCUT2D eigenvalue weighted by atomic mass is 19.1. The van der Waals surface area contributed by atoms with Gasteiger partial charge in [0.1, 0.15) is 17.2 Å². The smallest absolute Gasteiger partial charge is 0.410 e. The van der Waals surface area contributed by atoms with Gasteiger partial charge in [0.15, 0.2) is 5.82 Å². The fourth-order valence-corrected chi connectivity index (χ4v) is 5.94. The normalized spacial score (nSPS) is 15.0. The van der Waals surface area contributed by atoms with Crippen LogP contribution in [0.25, 0.3) is 28.1 Å². The van der Waals surface area contributed by atoms with Gasteiger partial charge in [0.2, 0.25) is 0 Å². The first-order valence-corrected chi connectivity index (χ1v) is 15.8. The molecule has 10 nitrogen and oxygen atoms in total. The summed E-state index contributed by atoms with van der Waals surface area (Å²) >= 11 is 0. The topological polar surface area (TPSA) is 92.1 Å². The first-order valence-electron chi connectivity index (χ1n) is 15.8. The molecular weight excluding hydrogens is 616 g/mol. The quantitative estimate of drug-likeness (QED) is 0.206. The van der Waals surface area contributed by atoms with Crippen LogP contribution in [0.4, 0.5) is 13.6 Å². The second-order valence-corrected chi connectivity index (χ2v) is 14.2. The van der Waals surface area contributed by atoms with E-state index in [4.69, 9.17) is 9.84 Å². The largest absolute Gasteiger partial charge is 0.444 e. The highest BCUT2D eigenvalue weighted by molar-refractivity contribution is 5.81. The summed E-state index contributed by atoms with van der Waals surface area (Å²) in [5.74, 6) is 5.39. The van der Waals surface area contributed by atoms with Crippen LogP contribution in [0.3, 0.4) is 0 Å². The van der Waals surface area contributed by atoms with Gasteiger partial charge >= 0.3 is 11.8 Å². The number of carbonyl (C=O) groups is 1. The molecule has 1 aliphatic rings. The van der Waals surface area contributed by atoms with Crippen molar-refractivity contribution in [2.75, 3.05) is 6.54 Å². The van der Waals surface area contributed by atoms with Gasteiger partial charge in [0, 0.05) is 43.4 Å². The Labute approximate surface area is 277 Å². The van der Waals surface area contributed by atoms with Crippen molar-refractivity contribution in [1.29, 1.82) is 0 Å². The second-order valence-electron chi connectivity index (χ2n) is 14.2. The van der Waals surface area contributed by atoms with E-state index in [9.17, 15) is 9.59 Å². The number of rotatable bonds is 3. The third-order valence-electron chi connectivity index (χ3n) is 8.24. The lowest BCUT2D eigenvalue weighted by Gasteiger charge is -2.34. The minimum atomic E-state index is -0.714. The molecule has 0 N–H and O–H groups in total. The van der Waals surface area contributed by atoms with Crippen LogP contribution >= 0.6 is 0 Å². The predicted octanol–water partition coefficient (Wildman–Crippen LogP) is 6.54. The number of amides is 1.